The van der Waals surface area contributed by atoms with Crippen LogP contribution in [-0.2, 0) is 0 Å². The summed E-state index contributed by atoms with van der Waals surface area (Å²) < 4.78 is 0. The third-order valence-electron chi connectivity index (χ3n) is 1.02. The topological polar surface area (TPSA) is 26.0 Å². The highest BCUT2D eigenvalue weighted by atomic mass is 35.5. The smallest absolute Gasteiger partial charge is 0.113 e. The summed E-state index contributed by atoms with van der Waals surface area (Å²) >= 11 is 5.61. The van der Waals surface area contributed by atoms with Gasteiger partial charge < -0.3 is 5.73 Å². The zero-order valence-electron chi connectivity index (χ0n) is 4.76. The number of hydrogen-bond acceptors (Lipinski definition) is 1. The Hall–Kier alpha value is -0.625. The molecule has 0 spiro atoms. The molecule has 0 aliphatic heterocycles. The molecule has 0 bridgehead atoms. The van der Waals surface area contributed by atoms with Gasteiger partial charge in [0, 0.05) is 0 Å². The van der Waals surface area contributed by atoms with Crippen LogP contribution in [0.1, 0.15) is 0 Å². The van der Waals surface area contributed by atoms with Gasteiger partial charge in [0.25, 0.3) is 0 Å². The minimum Gasteiger partial charge on any atom is -0.398 e. The van der Waals surface area contributed by atoms with Crippen LogP contribution in [0.2, 0.25) is 5.02 Å². The summed E-state index contributed by atoms with van der Waals surface area (Å²) in [6.45, 7) is 0. The number of hydrogen-bond donors (Lipinski definition) is 1. The van der Waals surface area contributed by atoms with Crippen molar-refractivity contribution in [1.82, 2.24) is 0 Å². The molecule has 1 nitrogen and oxygen atoms in total. The molecule has 2 radical (unpaired) electrons. The van der Waals surface area contributed by atoms with Crippen molar-refractivity contribution >= 4 is 30.6 Å². The fourth-order valence-electron chi connectivity index (χ4n) is 0.543. The minimum absolute atomic E-state index is 0.509. The maximum Gasteiger partial charge on any atom is 0.113 e. The summed E-state index contributed by atoms with van der Waals surface area (Å²) in [5.41, 5.74) is 6.60. The highest BCUT2D eigenvalue weighted by molar-refractivity contribution is 6.37. The SMILES string of the molecule is [B]c1ccc(N)c(Cl)c1. The molecule has 0 heterocycles. The molecule has 0 aromatic heterocycles. The summed E-state index contributed by atoms with van der Waals surface area (Å²) in [5, 5.41) is 0.509. The van der Waals surface area contributed by atoms with Crippen LogP contribution < -0.4 is 11.2 Å². The van der Waals surface area contributed by atoms with Gasteiger partial charge >= 0.3 is 0 Å². The first-order chi connectivity index (χ1) is 4.20. The number of halogens is 1. The van der Waals surface area contributed by atoms with Gasteiger partial charge in [-0.3, -0.25) is 0 Å². The van der Waals surface area contributed by atoms with E-state index in [1.165, 1.54) is 0 Å². The van der Waals surface area contributed by atoms with Gasteiger partial charge in [0.05, 0.1) is 10.7 Å². The summed E-state index contributed by atoms with van der Waals surface area (Å²) in [7, 11) is 5.39. The lowest BCUT2D eigenvalue weighted by Gasteiger charge is -1.96. The molecule has 0 amide bonds. The lowest BCUT2D eigenvalue weighted by molar-refractivity contribution is 1.73. The van der Waals surface area contributed by atoms with Gasteiger partial charge in [-0.1, -0.05) is 23.1 Å². The first-order valence-corrected chi connectivity index (χ1v) is 2.88. The zero-order valence-corrected chi connectivity index (χ0v) is 5.52. The van der Waals surface area contributed by atoms with Gasteiger partial charge in [-0.25, -0.2) is 0 Å². The normalized spacial score (nSPS) is 9.44. The van der Waals surface area contributed by atoms with E-state index in [4.69, 9.17) is 25.2 Å². The first-order valence-electron chi connectivity index (χ1n) is 2.50. The lowest BCUT2D eigenvalue weighted by atomic mass is 9.96. The van der Waals surface area contributed by atoms with Crippen LogP contribution in [0.15, 0.2) is 18.2 Å². The number of anilines is 1. The maximum absolute atomic E-state index is 5.61. The molecule has 1 aromatic rings. The highest BCUT2D eigenvalue weighted by Crippen LogP contribution is 2.14. The van der Waals surface area contributed by atoms with Gasteiger partial charge in [0.1, 0.15) is 7.85 Å². The van der Waals surface area contributed by atoms with Gasteiger partial charge in [-0.2, -0.15) is 0 Å². The molecule has 1 aromatic carbocycles. The van der Waals surface area contributed by atoms with Crippen LogP contribution in [0.3, 0.4) is 0 Å². The fraction of sp³-hybridized carbons (Fsp3) is 0. The van der Waals surface area contributed by atoms with Crippen LogP contribution in [-0.4, -0.2) is 7.85 Å². The van der Waals surface area contributed by atoms with E-state index in [1.54, 1.807) is 18.2 Å². The van der Waals surface area contributed by atoms with Crippen LogP contribution in [0.25, 0.3) is 0 Å². The molecule has 0 aliphatic rings. The van der Waals surface area contributed by atoms with Crippen LogP contribution in [0, 0.1) is 0 Å². The number of nitrogen functional groups attached to an aromatic ring is 1. The molecule has 1 rings (SSSR count). The zero-order chi connectivity index (χ0) is 6.85. The number of rotatable bonds is 0. The molecule has 44 valence electrons. The van der Waals surface area contributed by atoms with E-state index in [9.17, 15) is 0 Å². The second-order valence-electron chi connectivity index (χ2n) is 1.78. The third-order valence-corrected chi connectivity index (χ3v) is 1.35. The summed E-state index contributed by atoms with van der Waals surface area (Å²) in [6, 6.07) is 5.01. The van der Waals surface area contributed by atoms with Gasteiger partial charge in [-0.15, -0.1) is 0 Å². The lowest BCUT2D eigenvalue weighted by Crippen LogP contribution is -2.01. The summed E-state index contributed by atoms with van der Waals surface area (Å²) in [6.07, 6.45) is 0. The fourth-order valence-corrected chi connectivity index (χ4v) is 0.732. The Morgan fingerprint density at radius 3 is 2.56 bits per heavy atom. The number of nitrogens with two attached hydrogens (primary N) is 1. The minimum atomic E-state index is 0.509. The molecule has 0 saturated heterocycles. The van der Waals surface area contributed by atoms with Gasteiger partial charge in [0.15, 0.2) is 0 Å². The van der Waals surface area contributed by atoms with E-state index in [0.717, 1.165) is 0 Å². The first kappa shape index (κ1) is 6.49. The maximum atomic E-state index is 5.61. The third kappa shape index (κ3) is 1.39. The molecule has 3 heteroatoms. The van der Waals surface area contributed by atoms with Crippen molar-refractivity contribution in [3.05, 3.63) is 23.2 Å². The predicted octanol–water partition coefficient (Wildman–Crippen LogP) is 0.716. The molecule has 0 atom stereocenters. The molecule has 0 saturated carbocycles. The predicted molar refractivity (Wildman–Crippen MR) is 41.3 cm³/mol. The summed E-state index contributed by atoms with van der Waals surface area (Å²) in [5.74, 6) is 0. The Labute approximate surface area is 60.2 Å². The highest BCUT2D eigenvalue weighted by Gasteiger charge is 1.91. The summed E-state index contributed by atoms with van der Waals surface area (Å²) in [4.78, 5) is 0. The van der Waals surface area contributed by atoms with E-state index in [-0.39, 0.29) is 0 Å². The average molecular weight is 137 g/mol. The second kappa shape index (κ2) is 2.32. The van der Waals surface area contributed by atoms with E-state index in [1.807, 2.05) is 0 Å². The van der Waals surface area contributed by atoms with Crippen molar-refractivity contribution in [2.75, 3.05) is 5.73 Å². The van der Waals surface area contributed by atoms with Crippen LogP contribution in [0.5, 0.6) is 0 Å². The van der Waals surface area contributed by atoms with E-state index in [0.29, 0.717) is 16.2 Å². The van der Waals surface area contributed by atoms with E-state index >= 15 is 0 Å². The molecule has 0 aliphatic carbocycles. The van der Waals surface area contributed by atoms with Crippen molar-refractivity contribution in [1.29, 1.82) is 0 Å². The van der Waals surface area contributed by atoms with Gasteiger partial charge in [0.2, 0.25) is 0 Å². The van der Waals surface area contributed by atoms with Crippen molar-refractivity contribution in [3.8, 4) is 0 Å². The van der Waals surface area contributed by atoms with Gasteiger partial charge in [-0.05, 0) is 12.1 Å². The molecule has 0 fully saturated rings. The van der Waals surface area contributed by atoms with Crippen molar-refractivity contribution in [2.24, 2.45) is 0 Å². The monoisotopic (exact) mass is 137 g/mol. The molecular weight excluding hydrogens is 132 g/mol. The van der Waals surface area contributed by atoms with Crippen molar-refractivity contribution in [2.45, 2.75) is 0 Å². The molecular formula is C6H5BClN. The molecule has 9 heavy (non-hydrogen) atoms. The standard InChI is InChI=1S/C6H5BClN/c7-4-1-2-6(9)5(8)3-4/h1-3H,9H2. The Morgan fingerprint density at radius 1 is 1.44 bits per heavy atom. The van der Waals surface area contributed by atoms with Crippen molar-refractivity contribution < 1.29 is 0 Å². The largest absolute Gasteiger partial charge is 0.398 e. The molecule has 2 N–H and O–H groups in total. The Morgan fingerprint density at radius 2 is 2.11 bits per heavy atom. The van der Waals surface area contributed by atoms with E-state index < -0.39 is 0 Å². The quantitative estimate of drug-likeness (QED) is 0.414. The van der Waals surface area contributed by atoms with E-state index in [2.05, 4.69) is 0 Å². The van der Waals surface area contributed by atoms with Crippen LogP contribution in [0.4, 0.5) is 5.69 Å². The Kier molecular flexibility index (Phi) is 1.67. The van der Waals surface area contributed by atoms with Crippen molar-refractivity contribution in [3.63, 3.8) is 0 Å². The van der Waals surface area contributed by atoms with Crippen LogP contribution >= 0.6 is 11.6 Å². The number of benzene rings is 1. The second-order valence-corrected chi connectivity index (χ2v) is 2.19. The average Bonchev–Trinajstić information content (AvgIpc) is 1.80. The Balaban J connectivity index is 3.17. The Bertz CT molecular complexity index is 224. The molecule has 0 unspecified atom stereocenters.